The van der Waals surface area contributed by atoms with E-state index >= 15 is 0 Å². The molecule has 0 saturated heterocycles. The molecule has 0 bridgehead atoms. The van der Waals surface area contributed by atoms with Gasteiger partial charge in [-0.3, -0.25) is 28.5 Å². The Hall–Kier alpha value is -6.75. The number of ether oxygens (including phenoxy) is 1. The largest absolute Gasteiger partial charge is 0.464 e. The number of aliphatic hydroxyl groups is 2. The maximum atomic E-state index is 14.4. The number of anilines is 1. The van der Waals surface area contributed by atoms with Crippen LogP contribution in [-0.2, 0) is 22.7 Å². The second-order valence-electron chi connectivity index (χ2n) is 13.1. The third-order valence-electron chi connectivity index (χ3n) is 9.44. The Morgan fingerprint density at radius 1 is 0.912 bits per heavy atom. The van der Waals surface area contributed by atoms with Crippen molar-refractivity contribution in [1.82, 2.24) is 29.8 Å². The van der Waals surface area contributed by atoms with Crippen molar-refractivity contribution in [1.29, 1.82) is 0 Å². The number of fused-ring (bicyclic) bond motifs is 3. The number of esters is 1. The van der Waals surface area contributed by atoms with Crippen LogP contribution < -0.4 is 21.9 Å². The van der Waals surface area contributed by atoms with Crippen LogP contribution in [0.5, 0.6) is 0 Å². The van der Waals surface area contributed by atoms with E-state index < -0.39 is 29.4 Å². The number of nitrogens with one attached hydrogen (secondary N) is 2. The summed E-state index contributed by atoms with van der Waals surface area (Å²) in [6.45, 7) is 1.04. The third-order valence-corrected chi connectivity index (χ3v) is 10.6. The predicted octanol–water partition coefficient (Wildman–Crippen LogP) is 4.24. The number of nitrogen functional groups attached to an aromatic ring is 1. The summed E-state index contributed by atoms with van der Waals surface area (Å²) in [5.74, 6) is -1.96. The molecule has 1 atom stereocenters. The molecule has 0 aliphatic carbocycles. The Balaban J connectivity index is 1.03. The molecule has 0 unspecified atom stereocenters. The molecule has 6 N–H and O–H groups in total. The van der Waals surface area contributed by atoms with E-state index in [2.05, 4.69) is 20.7 Å². The summed E-state index contributed by atoms with van der Waals surface area (Å²) in [7, 11) is 0. The van der Waals surface area contributed by atoms with E-state index in [1.165, 1.54) is 32.7 Å². The maximum absolute atomic E-state index is 14.4. The minimum atomic E-state index is -0.722. The zero-order valence-corrected chi connectivity index (χ0v) is 31.4. The lowest BCUT2D eigenvalue weighted by Gasteiger charge is -2.21. The Bertz CT molecular complexity index is 2700. The molecular weight excluding hydrogens is 751 g/mol. The van der Waals surface area contributed by atoms with Gasteiger partial charge in [0.05, 0.1) is 48.0 Å². The number of rotatable bonds is 14. The number of ketones is 1. The van der Waals surface area contributed by atoms with Gasteiger partial charge >= 0.3 is 5.97 Å². The van der Waals surface area contributed by atoms with E-state index in [0.29, 0.717) is 32.8 Å². The number of amides is 2. The van der Waals surface area contributed by atoms with Crippen molar-refractivity contribution >= 4 is 67.2 Å². The highest BCUT2D eigenvalue weighted by Gasteiger charge is 2.25. The lowest BCUT2D eigenvalue weighted by molar-refractivity contribution is -0.143. The van der Waals surface area contributed by atoms with E-state index in [0.717, 1.165) is 10.1 Å². The molecule has 290 valence electrons. The third kappa shape index (κ3) is 7.86. The molecule has 15 nitrogen and oxygen atoms in total. The molecule has 0 fully saturated rings. The molecule has 3 aromatic carbocycles. The first-order valence-electron chi connectivity index (χ1n) is 18.0. The zero-order valence-electron chi connectivity index (χ0n) is 30.6. The van der Waals surface area contributed by atoms with Crippen LogP contribution in [-0.4, -0.2) is 66.1 Å². The number of nitrogens with two attached hydrogens (primary N) is 1. The van der Waals surface area contributed by atoms with Gasteiger partial charge in [0.1, 0.15) is 12.2 Å². The number of Topliss-reactive ketones (excluding diaryl/α,β-unsaturated/α-hetero) is 1. The number of hydrogen-bond donors (Lipinski definition) is 5. The smallest absolute Gasteiger partial charge is 0.306 e. The topological polar surface area (TPSA) is 220 Å². The summed E-state index contributed by atoms with van der Waals surface area (Å²) in [6.07, 6.45) is 2.90. The number of carbonyl (C=O) groups is 4. The number of nitrogens with zero attached hydrogens (tertiary/aromatic N) is 4. The number of aliphatic hydroxyl groups excluding tert-OH is 2. The molecule has 4 heterocycles. The van der Waals surface area contributed by atoms with Gasteiger partial charge in [0.25, 0.3) is 17.4 Å². The number of aromatic nitrogens is 4. The van der Waals surface area contributed by atoms with Crippen LogP contribution in [0.1, 0.15) is 73.0 Å². The fourth-order valence-electron chi connectivity index (χ4n) is 6.64. The minimum Gasteiger partial charge on any atom is -0.464 e. The molecule has 4 aromatic heterocycles. The van der Waals surface area contributed by atoms with Gasteiger partial charge in [-0.2, -0.15) is 0 Å². The highest BCUT2D eigenvalue weighted by atomic mass is 32.1. The van der Waals surface area contributed by atoms with Crippen LogP contribution in [0.2, 0.25) is 0 Å². The molecule has 7 rings (SSSR count). The standard InChI is InChI=1S/C41H37N7O8S/c1-23(45-40(54)36-37(42)46-47-15-6-13-43-38(36)47)30-18-24-7-5-10-29(35(24)41(55)48(30)28-8-3-2-4-9-28)39(53)44-14-16-56-34(52)12-11-31(51)33-19-25-17-26(21-49)27(22-50)20-32(25)57-33/h2-10,13,15,17-20,23,49-50H,11-12,14,16,21-22H2,1H3,(H2,42,46)(H,44,53)(H,45,54)/t23-/m0/s1. The molecule has 2 amide bonds. The molecule has 7 aromatic rings. The first-order chi connectivity index (χ1) is 27.6. The average molecular weight is 788 g/mol. The Labute approximate surface area is 328 Å². The summed E-state index contributed by atoms with van der Waals surface area (Å²) in [5.41, 5.74) is 8.19. The minimum absolute atomic E-state index is 0.00103. The van der Waals surface area contributed by atoms with E-state index in [-0.39, 0.29) is 73.0 Å². The van der Waals surface area contributed by atoms with Crippen molar-refractivity contribution in [2.24, 2.45) is 0 Å². The van der Waals surface area contributed by atoms with Crippen LogP contribution in [0.15, 0.2) is 96.1 Å². The lowest BCUT2D eigenvalue weighted by atomic mass is 10.0. The van der Waals surface area contributed by atoms with Crippen LogP contribution >= 0.6 is 11.3 Å². The fourth-order valence-corrected chi connectivity index (χ4v) is 7.72. The molecule has 0 aliphatic rings. The number of benzene rings is 3. The second-order valence-corrected chi connectivity index (χ2v) is 14.2. The summed E-state index contributed by atoms with van der Waals surface area (Å²) < 4.78 is 8.92. The Morgan fingerprint density at radius 2 is 1.68 bits per heavy atom. The first-order valence-corrected chi connectivity index (χ1v) is 18.8. The van der Waals surface area contributed by atoms with Gasteiger partial charge in [-0.05, 0) is 77.4 Å². The van der Waals surface area contributed by atoms with E-state index in [1.807, 2.05) is 0 Å². The lowest BCUT2D eigenvalue weighted by Crippen LogP contribution is -2.33. The van der Waals surface area contributed by atoms with Crippen molar-refractivity contribution in [3.63, 3.8) is 0 Å². The molecular formula is C41H37N7O8S. The van der Waals surface area contributed by atoms with Gasteiger partial charge in [-0.1, -0.05) is 30.3 Å². The van der Waals surface area contributed by atoms with Gasteiger partial charge in [0.2, 0.25) is 0 Å². The van der Waals surface area contributed by atoms with Crippen molar-refractivity contribution in [3.8, 4) is 5.69 Å². The number of carbonyl (C=O) groups excluding carboxylic acids is 4. The average Bonchev–Trinajstić information content (AvgIpc) is 3.80. The number of pyridine rings is 1. The summed E-state index contributed by atoms with van der Waals surface area (Å²) in [5, 5.41) is 30.3. The van der Waals surface area contributed by atoms with Gasteiger partial charge in [-0.25, -0.2) is 9.50 Å². The van der Waals surface area contributed by atoms with Crippen LogP contribution in [0.4, 0.5) is 5.82 Å². The number of thiophene rings is 1. The SMILES string of the molecule is C[C@H](NC(=O)c1c(N)nn2cccnc12)c1cc2cccc(C(=O)NCCOC(=O)CCC(=O)c3cc4cc(CO)c(CO)cc4s3)c2c(=O)n1-c1ccccc1. The van der Waals surface area contributed by atoms with Crippen molar-refractivity contribution < 1.29 is 34.1 Å². The second kappa shape index (κ2) is 16.5. The highest BCUT2D eigenvalue weighted by molar-refractivity contribution is 7.20. The zero-order chi connectivity index (χ0) is 40.2. The van der Waals surface area contributed by atoms with Crippen molar-refractivity contribution in [2.45, 2.75) is 39.0 Å². The Morgan fingerprint density at radius 3 is 2.46 bits per heavy atom. The number of para-hydroxylation sites is 1. The summed E-state index contributed by atoms with van der Waals surface area (Å²) in [6, 6.07) is 21.6. The normalized spacial score (nSPS) is 11.8. The number of hydrogen-bond acceptors (Lipinski definition) is 12. The van der Waals surface area contributed by atoms with Crippen LogP contribution in [0.25, 0.3) is 32.2 Å². The van der Waals surface area contributed by atoms with Gasteiger partial charge in [0, 0.05) is 34.9 Å². The quantitative estimate of drug-likeness (QED) is 0.0596. The van der Waals surface area contributed by atoms with Crippen LogP contribution in [0, 0.1) is 0 Å². The van der Waals surface area contributed by atoms with Gasteiger partial charge in [0.15, 0.2) is 17.2 Å². The molecule has 0 radical (unpaired) electrons. The van der Waals surface area contributed by atoms with Gasteiger partial charge in [-0.15, -0.1) is 16.4 Å². The Kier molecular flexibility index (Phi) is 11.2. The van der Waals surface area contributed by atoms with Crippen LogP contribution in [0.3, 0.4) is 0 Å². The van der Waals surface area contributed by atoms with Gasteiger partial charge < -0.3 is 31.3 Å². The first kappa shape index (κ1) is 38.5. The monoisotopic (exact) mass is 787 g/mol. The molecule has 0 spiro atoms. The van der Waals surface area contributed by atoms with Crippen molar-refractivity contribution in [3.05, 3.63) is 134 Å². The highest BCUT2D eigenvalue weighted by Crippen LogP contribution is 2.30. The molecule has 57 heavy (non-hydrogen) atoms. The van der Waals surface area contributed by atoms with E-state index in [1.54, 1.807) is 85.9 Å². The predicted molar refractivity (Wildman–Crippen MR) is 213 cm³/mol. The van der Waals surface area contributed by atoms with E-state index in [4.69, 9.17) is 10.5 Å². The molecule has 0 saturated carbocycles. The molecule has 16 heteroatoms. The summed E-state index contributed by atoms with van der Waals surface area (Å²) in [4.78, 5) is 71.5. The summed E-state index contributed by atoms with van der Waals surface area (Å²) >= 11 is 1.24. The maximum Gasteiger partial charge on any atom is 0.306 e. The fraction of sp³-hybridized carbons (Fsp3) is 0.195. The van der Waals surface area contributed by atoms with Crippen molar-refractivity contribution in [2.75, 3.05) is 18.9 Å². The van der Waals surface area contributed by atoms with E-state index in [9.17, 15) is 34.2 Å². The molecule has 0 aliphatic heterocycles.